The van der Waals surface area contributed by atoms with Crippen molar-refractivity contribution < 1.29 is 9.59 Å². The summed E-state index contributed by atoms with van der Waals surface area (Å²) < 4.78 is 0. The van der Waals surface area contributed by atoms with Crippen molar-refractivity contribution in [2.45, 2.75) is 26.8 Å². The molecule has 1 aromatic carbocycles. The highest BCUT2D eigenvalue weighted by atomic mass is 35.5. The lowest BCUT2D eigenvalue weighted by atomic mass is 9.92. The minimum Gasteiger partial charge on any atom is -0.351 e. The van der Waals surface area contributed by atoms with Gasteiger partial charge in [0.1, 0.15) is 0 Å². The van der Waals surface area contributed by atoms with Gasteiger partial charge >= 0.3 is 0 Å². The minimum absolute atomic E-state index is 0.00531. The van der Waals surface area contributed by atoms with E-state index in [1.165, 1.54) is 6.42 Å². The first-order valence-electron chi connectivity index (χ1n) is 10.6. The number of piperidine rings is 1. The topological polar surface area (TPSA) is 55.9 Å². The van der Waals surface area contributed by atoms with E-state index in [1.54, 1.807) is 0 Å². The maximum atomic E-state index is 12.7. The largest absolute Gasteiger partial charge is 0.351 e. The summed E-state index contributed by atoms with van der Waals surface area (Å²) in [6.45, 7) is 10.8. The van der Waals surface area contributed by atoms with E-state index in [0.29, 0.717) is 36.5 Å². The van der Waals surface area contributed by atoms with Crippen LogP contribution >= 0.6 is 11.6 Å². The predicted octanol–water partition coefficient (Wildman–Crippen LogP) is 2.08. The van der Waals surface area contributed by atoms with Crippen LogP contribution in [0.1, 0.15) is 25.8 Å². The molecule has 0 radical (unpaired) electrons. The quantitative estimate of drug-likeness (QED) is 0.765. The van der Waals surface area contributed by atoms with Gasteiger partial charge in [-0.2, -0.15) is 0 Å². The molecule has 6 nitrogen and oxygen atoms in total. The van der Waals surface area contributed by atoms with Crippen LogP contribution in [0.2, 0.25) is 5.02 Å². The monoisotopic (exact) mass is 420 g/mol. The van der Waals surface area contributed by atoms with Crippen LogP contribution in [0.25, 0.3) is 0 Å². The normalized spacial score (nSPS) is 23.8. The summed E-state index contributed by atoms with van der Waals surface area (Å²) in [7, 11) is 0. The Hall–Kier alpha value is -1.63. The number of piperazine rings is 1. The Labute approximate surface area is 179 Å². The second kappa shape index (κ2) is 10.4. The maximum Gasteiger partial charge on any atom is 0.236 e. The molecule has 160 valence electrons. The third-order valence-electron chi connectivity index (χ3n) is 5.85. The minimum atomic E-state index is 0.00531. The van der Waals surface area contributed by atoms with E-state index < -0.39 is 0 Å². The van der Waals surface area contributed by atoms with E-state index in [9.17, 15) is 9.59 Å². The molecule has 2 aliphatic rings. The van der Waals surface area contributed by atoms with Crippen molar-refractivity contribution in [3.63, 3.8) is 0 Å². The third kappa shape index (κ3) is 6.69. The van der Waals surface area contributed by atoms with Gasteiger partial charge in [-0.3, -0.25) is 19.4 Å². The molecular formula is C22H33ClN4O2. The Morgan fingerprint density at radius 3 is 2.21 bits per heavy atom. The zero-order valence-corrected chi connectivity index (χ0v) is 18.3. The highest BCUT2D eigenvalue weighted by Gasteiger charge is 2.27. The highest BCUT2D eigenvalue weighted by molar-refractivity contribution is 6.31. The van der Waals surface area contributed by atoms with Gasteiger partial charge in [-0.05, 0) is 29.9 Å². The molecule has 0 aromatic heterocycles. The van der Waals surface area contributed by atoms with Crippen LogP contribution < -0.4 is 5.32 Å². The van der Waals surface area contributed by atoms with Crippen molar-refractivity contribution in [3.05, 3.63) is 34.9 Å². The van der Waals surface area contributed by atoms with Gasteiger partial charge < -0.3 is 10.2 Å². The van der Waals surface area contributed by atoms with Gasteiger partial charge in [0.2, 0.25) is 11.8 Å². The van der Waals surface area contributed by atoms with E-state index in [2.05, 4.69) is 29.0 Å². The number of likely N-dealkylation sites (tertiary alicyclic amines) is 1. The number of nitrogens with one attached hydrogen (secondary N) is 1. The van der Waals surface area contributed by atoms with E-state index in [-0.39, 0.29) is 11.8 Å². The smallest absolute Gasteiger partial charge is 0.236 e. The fourth-order valence-electron chi connectivity index (χ4n) is 4.36. The number of amides is 2. The molecule has 29 heavy (non-hydrogen) atoms. The Morgan fingerprint density at radius 2 is 1.59 bits per heavy atom. The summed E-state index contributed by atoms with van der Waals surface area (Å²) in [5.41, 5.74) is 0.923. The highest BCUT2D eigenvalue weighted by Crippen LogP contribution is 2.21. The van der Waals surface area contributed by atoms with Crippen molar-refractivity contribution >= 4 is 23.4 Å². The molecule has 1 N–H and O–H groups in total. The lowest BCUT2D eigenvalue weighted by molar-refractivity contribution is -0.135. The molecule has 3 rings (SSSR count). The van der Waals surface area contributed by atoms with Gasteiger partial charge in [0.25, 0.3) is 0 Å². The second-order valence-corrected chi connectivity index (χ2v) is 9.07. The van der Waals surface area contributed by atoms with Crippen LogP contribution in [0.15, 0.2) is 24.3 Å². The second-order valence-electron chi connectivity index (χ2n) is 8.67. The van der Waals surface area contributed by atoms with Crippen molar-refractivity contribution in [1.82, 2.24) is 20.0 Å². The zero-order valence-electron chi connectivity index (χ0n) is 17.6. The van der Waals surface area contributed by atoms with Crippen LogP contribution in [-0.2, 0) is 16.1 Å². The first-order valence-corrected chi connectivity index (χ1v) is 11.0. The van der Waals surface area contributed by atoms with Gasteiger partial charge in [-0.1, -0.05) is 43.6 Å². The summed E-state index contributed by atoms with van der Waals surface area (Å²) in [5, 5.41) is 3.61. The number of carbonyl (C=O) groups is 2. The number of halogens is 1. The van der Waals surface area contributed by atoms with E-state index in [1.807, 2.05) is 29.2 Å². The average Bonchev–Trinajstić information content (AvgIpc) is 2.68. The molecule has 2 aliphatic heterocycles. The SMILES string of the molecule is CC1CC(C)CN(C(=O)CN2CCN(CC(=O)NCc3ccccc3Cl)CC2)C1. The van der Waals surface area contributed by atoms with Crippen LogP contribution in [0, 0.1) is 11.8 Å². The molecule has 0 aliphatic carbocycles. The summed E-state index contributed by atoms with van der Waals surface area (Å²) in [5.74, 6) is 1.42. The lowest BCUT2D eigenvalue weighted by Crippen LogP contribution is -2.53. The van der Waals surface area contributed by atoms with Crippen molar-refractivity contribution in [1.29, 1.82) is 0 Å². The molecular weight excluding hydrogens is 388 g/mol. The lowest BCUT2D eigenvalue weighted by Gasteiger charge is -2.38. The average molecular weight is 421 g/mol. The number of hydrogen-bond donors (Lipinski definition) is 1. The summed E-state index contributed by atoms with van der Waals surface area (Å²) in [4.78, 5) is 31.3. The van der Waals surface area contributed by atoms with Gasteiger partial charge in [-0.15, -0.1) is 0 Å². The summed E-state index contributed by atoms with van der Waals surface area (Å²) in [6.07, 6.45) is 1.21. The summed E-state index contributed by atoms with van der Waals surface area (Å²) >= 11 is 6.13. The van der Waals surface area contributed by atoms with E-state index in [4.69, 9.17) is 11.6 Å². The summed E-state index contributed by atoms with van der Waals surface area (Å²) in [6, 6.07) is 7.54. The van der Waals surface area contributed by atoms with E-state index >= 15 is 0 Å². The third-order valence-corrected chi connectivity index (χ3v) is 6.22. The predicted molar refractivity (Wildman–Crippen MR) is 116 cm³/mol. The number of benzene rings is 1. The van der Waals surface area contributed by atoms with Crippen LogP contribution in [0.4, 0.5) is 0 Å². The van der Waals surface area contributed by atoms with E-state index in [0.717, 1.165) is 44.8 Å². The van der Waals surface area contributed by atoms with Crippen molar-refractivity contribution in [3.8, 4) is 0 Å². The molecule has 0 bridgehead atoms. The molecule has 2 fully saturated rings. The van der Waals surface area contributed by atoms with Gasteiger partial charge in [0.15, 0.2) is 0 Å². The maximum absolute atomic E-state index is 12.7. The molecule has 7 heteroatoms. The number of carbonyl (C=O) groups excluding carboxylic acids is 2. The van der Waals surface area contributed by atoms with Gasteiger partial charge in [-0.25, -0.2) is 0 Å². The molecule has 2 unspecified atom stereocenters. The number of rotatable bonds is 6. The Balaban J connectivity index is 1.36. The molecule has 1 aromatic rings. The zero-order chi connectivity index (χ0) is 20.8. The van der Waals surface area contributed by atoms with Crippen molar-refractivity contribution in [2.75, 3.05) is 52.4 Å². The Morgan fingerprint density at radius 1 is 1.00 bits per heavy atom. The van der Waals surface area contributed by atoms with Gasteiger partial charge in [0.05, 0.1) is 13.1 Å². The fraction of sp³-hybridized carbons (Fsp3) is 0.636. The molecule has 2 heterocycles. The first kappa shape index (κ1) is 22.1. The number of hydrogen-bond acceptors (Lipinski definition) is 4. The van der Waals surface area contributed by atoms with Crippen LogP contribution in [0.3, 0.4) is 0 Å². The molecule has 2 atom stereocenters. The van der Waals surface area contributed by atoms with Crippen LogP contribution in [-0.4, -0.2) is 78.9 Å². The first-order chi connectivity index (χ1) is 13.9. The Bertz CT molecular complexity index is 696. The molecule has 0 spiro atoms. The van der Waals surface area contributed by atoms with Crippen LogP contribution in [0.5, 0.6) is 0 Å². The molecule has 0 saturated carbocycles. The molecule has 2 saturated heterocycles. The van der Waals surface area contributed by atoms with Crippen molar-refractivity contribution in [2.24, 2.45) is 11.8 Å². The van der Waals surface area contributed by atoms with Gasteiger partial charge in [0, 0.05) is 50.8 Å². The molecule has 2 amide bonds. The number of nitrogens with zero attached hydrogens (tertiary/aromatic N) is 3. The Kier molecular flexibility index (Phi) is 7.92. The standard InChI is InChI=1S/C22H33ClN4O2/c1-17-11-18(2)14-27(13-17)22(29)16-26-9-7-25(8-10-26)15-21(28)24-12-19-5-3-4-6-20(19)23/h3-6,17-18H,7-16H2,1-2H3,(H,24,28). The fourth-order valence-corrected chi connectivity index (χ4v) is 4.56.